The second kappa shape index (κ2) is 6.80. The average Bonchev–Trinajstić information content (AvgIpc) is 2.84. The number of anilines is 1. The van der Waals surface area contributed by atoms with Crippen molar-refractivity contribution < 1.29 is 14.7 Å². The van der Waals surface area contributed by atoms with Crippen LogP contribution >= 0.6 is 11.3 Å². The van der Waals surface area contributed by atoms with Crippen LogP contribution in [0.5, 0.6) is 0 Å². The Balaban J connectivity index is 1.83. The fourth-order valence-electron chi connectivity index (χ4n) is 1.59. The predicted molar refractivity (Wildman–Crippen MR) is 78.3 cm³/mol. The van der Waals surface area contributed by atoms with E-state index in [0.29, 0.717) is 17.9 Å². The van der Waals surface area contributed by atoms with Crippen molar-refractivity contribution in [3.63, 3.8) is 0 Å². The lowest BCUT2D eigenvalue weighted by molar-refractivity contribution is -0.136. The van der Waals surface area contributed by atoms with Gasteiger partial charge < -0.3 is 15.7 Å². The molecule has 0 atom stereocenters. The van der Waals surface area contributed by atoms with Gasteiger partial charge in [0.15, 0.2) is 0 Å². The molecule has 0 aliphatic carbocycles. The summed E-state index contributed by atoms with van der Waals surface area (Å²) in [5, 5.41) is 14.9. The molecule has 3 N–H and O–H groups in total. The predicted octanol–water partition coefficient (Wildman–Crippen LogP) is 1.80. The number of thiazole rings is 1. The number of carbonyl (C=O) groups is 2. The lowest BCUT2D eigenvalue weighted by Crippen LogP contribution is -2.27. The third-order valence-corrected chi connectivity index (χ3v) is 3.42. The number of rotatable bonds is 5. The number of carboxylic acid groups (broad SMARTS) is 1. The summed E-state index contributed by atoms with van der Waals surface area (Å²) in [6.07, 6.45) is 3.01. The molecule has 2 aromatic heterocycles. The Bertz CT molecular complexity index is 639. The summed E-state index contributed by atoms with van der Waals surface area (Å²) < 4.78 is 0. The van der Waals surface area contributed by atoms with Gasteiger partial charge in [0.2, 0.25) is 0 Å². The van der Waals surface area contributed by atoms with Crippen LogP contribution in [0.25, 0.3) is 0 Å². The number of urea groups is 1. The van der Waals surface area contributed by atoms with Crippen molar-refractivity contribution in [3.8, 4) is 0 Å². The average molecular weight is 306 g/mol. The second-order valence-corrected chi connectivity index (χ2v) is 5.58. The standard InChI is InChI=1S/C13H14N4O3S/c1-8-14-6-11(21-8)7-16-13(20)17-10-3-2-9(15-5-10)4-12(18)19/h2-3,5-6H,4,7H2,1H3,(H,18,19)(H2,16,17,20). The van der Waals surface area contributed by atoms with Gasteiger partial charge in [-0.2, -0.15) is 0 Å². The number of aryl methyl sites for hydroxylation is 1. The molecule has 0 saturated heterocycles. The molecule has 0 bridgehead atoms. The number of carboxylic acids is 1. The molecule has 0 aliphatic rings. The molecule has 0 radical (unpaired) electrons. The maximum Gasteiger partial charge on any atom is 0.319 e. The molecule has 0 fully saturated rings. The SMILES string of the molecule is Cc1ncc(CNC(=O)Nc2ccc(CC(=O)O)nc2)s1. The quantitative estimate of drug-likeness (QED) is 0.781. The third kappa shape index (κ3) is 4.84. The van der Waals surface area contributed by atoms with Crippen LogP contribution in [-0.2, 0) is 17.8 Å². The van der Waals surface area contributed by atoms with Crippen LogP contribution in [-0.4, -0.2) is 27.1 Å². The number of nitrogens with zero attached hydrogens (tertiary/aromatic N) is 2. The maximum atomic E-state index is 11.7. The van der Waals surface area contributed by atoms with E-state index in [-0.39, 0.29) is 12.5 Å². The molecule has 0 saturated carbocycles. The number of hydrogen-bond acceptors (Lipinski definition) is 5. The van der Waals surface area contributed by atoms with Crippen molar-refractivity contribution >= 4 is 29.0 Å². The van der Waals surface area contributed by atoms with E-state index in [0.717, 1.165) is 9.88 Å². The van der Waals surface area contributed by atoms with Gasteiger partial charge in [0.25, 0.3) is 0 Å². The van der Waals surface area contributed by atoms with E-state index in [1.54, 1.807) is 18.3 Å². The summed E-state index contributed by atoms with van der Waals surface area (Å²) in [5.74, 6) is -0.944. The fraction of sp³-hybridized carbons (Fsp3) is 0.231. The van der Waals surface area contributed by atoms with Crippen molar-refractivity contribution in [2.45, 2.75) is 19.9 Å². The minimum Gasteiger partial charge on any atom is -0.481 e. The Hall–Kier alpha value is -2.48. The molecular weight excluding hydrogens is 292 g/mol. The van der Waals surface area contributed by atoms with Crippen LogP contribution in [0.1, 0.15) is 15.6 Å². The molecular formula is C13H14N4O3S. The first-order valence-corrected chi connectivity index (χ1v) is 6.97. The molecule has 2 rings (SSSR count). The van der Waals surface area contributed by atoms with E-state index in [2.05, 4.69) is 20.6 Å². The monoisotopic (exact) mass is 306 g/mol. The summed E-state index contributed by atoms with van der Waals surface area (Å²) >= 11 is 1.52. The van der Waals surface area contributed by atoms with Crippen LogP contribution in [0.4, 0.5) is 10.5 Å². The van der Waals surface area contributed by atoms with E-state index < -0.39 is 5.97 Å². The highest BCUT2D eigenvalue weighted by Gasteiger charge is 2.05. The van der Waals surface area contributed by atoms with E-state index in [1.165, 1.54) is 17.5 Å². The van der Waals surface area contributed by atoms with Gasteiger partial charge in [0, 0.05) is 11.1 Å². The number of amides is 2. The number of nitrogens with one attached hydrogen (secondary N) is 2. The molecule has 2 heterocycles. The van der Waals surface area contributed by atoms with Crippen molar-refractivity contribution in [2.75, 3.05) is 5.32 Å². The Morgan fingerprint density at radius 2 is 2.10 bits per heavy atom. The van der Waals surface area contributed by atoms with E-state index in [1.807, 2.05) is 6.92 Å². The fourth-order valence-corrected chi connectivity index (χ4v) is 2.32. The number of aliphatic carboxylic acids is 1. The van der Waals surface area contributed by atoms with Gasteiger partial charge in [0.1, 0.15) is 0 Å². The van der Waals surface area contributed by atoms with Gasteiger partial charge in [-0.15, -0.1) is 11.3 Å². The zero-order chi connectivity index (χ0) is 15.2. The third-order valence-electron chi connectivity index (χ3n) is 2.51. The summed E-state index contributed by atoms with van der Waals surface area (Å²) in [6, 6.07) is 2.83. The van der Waals surface area contributed by atoms with Crippen LogP contribution in [0.15, 0.2) is 24.5 Å². The Morgan fingerprint density at radius 3 is 2.67 bits per heavy atom. The van der Waals surface area contributed by atoms with Gasteiger partial charge >= 0.3 is 12.0 Å². The van der Waals surface area contributed by atoms with Gasteiger partial charge in [-0.05, 0) is 19.1 Å². The molecule has 8 heteroatoms. The van der Waals surface area contributed by atoms with E-state index >= 15 is 0 Å². The van der Waals surface area contributed by atoms with Crippen LogP contribution in [0.2, 0.25) is 0 Å². The van der Waals surface area contributed by atoms with Crippen molar-refractivity contribution in [1.82, 2.24) is 15.3 Å². The molecule has 2 amide bonds. The Labute approximate surface area is 125 Å². The largest absolute Gasteiger partial charge is 0.481 e. The molecule has 2 aromatic rings. The summed E-state index contributed by atoms with van der Waals surface area (Å²) in [4.78, 5) is 31.3. The Morgan fingerprint density at radius 1 is 1.29 bits per heavy atom. The zero-order valence-corrected chi connectivity index (χ0v) is 12.1. The summed E-state index contributed by atoms with van der Waals surface area (Å²) in [5.41, 5.74) is 0.940. The topological polar surface area (TPSA) is 104 Å². The first-order chi connectivity index (χ1) is 10.0. The molecule has 0 aromatic carbocycles. The lowest BCUT2D eigenvalue weighted by atomic mass is 10.2. The maximum absolute atomic E-state index is 11.7. The minimum absolute atomic E-state index is 0.142. The van der Waals surface area contributed by atoms with E-state index in [9.17, 15) is 9.59 Å². The first-order valence-electron chi connectivity index (χ1n) is 6.16. The highest BCUT2D eigenvalue weighted by atomic mass is 32.1. The minimum atomic E-state index is -0.944. The smallest absolute Gasteiger partial charge is 0.319 e. The molecule has 110 valence electrons. The summed E-state index contributed by atoms with van der Waals surface area (Å²) in [6.45, 7) is 2.31. The zero-order valence-electron chi connectivity index (χ0n) is 11.3. The number of hydrogen-bond donors (Lipinski definition) is 3. The van der Waals surface area contributed by atoms with Gasteiger partial charge in [-0.25, -0.2) is 9.78 Å². The molecule has 0 spiro atoms. The number of pyridine rings is 1. The highest BCUT2D eigenvalue weighted by Crippen LogP contribution is 2.11. The summed E-state index contributed by atoms with van der Waals surface area (Å²) in [7, 11) is 0. The van der Waals surface area contributed by atoms with Crippen LogP contribution in [0.3, 0.4) is 0 Å². The van der Waals surface area contributed by atoms with Crippen molar-refractivity contribution in [1.29, 1.82) is 0 Å². The van der Waals surface area contributed by atoms with Gasteiger partial charge in [0.05, 0.1) is 35.6 Å². The second-order valence-electron chi connectivity index (χ2n) is 4.26. The molecule has 7 nitrogen and oxygen atoms in total. The van der Waals surface area contributed by atoms with Gasteiger partial charge in [-0.3, -0.25) is 9.78 Å². The number of aromatic nitrogens is 2. The van der Waals surface area contributed by atoms with E-state index in [4.69, 9.17) is 5.11 Å². The Kier molecular flexibility index (Phi) is 4.83. The molecule has 0 unspecified atom stereocenters. The van der Waals surface area contributed by atoms with Crippen LogP contribution < -0.4 is 10.6 Å². The van der Waals surface area contributed by atoms with Crippen molar-refractivity contribution in [2.24, 2.45) is 0 Å². The molecule has 0 aliphatic heterocycles. The van der Waals surface area contributed by atoms with Crippen molar-refractivity contribution in [3.05, 3.63) is 40.1 Å². The normalized spacial score (nSPS) is 10.1. The number of carbonyl (C=O) groups excluding carboxylic acids is 1. The highest BCUT2D eigenvalue weighted by molar-refractivity contribution is 7.11. The lowest BCUT2D eigenvalue weighted by Gasteiger charge is -2.06. The first kappa shape index (κ1) is 14.9. The molecule has 21 heavy (non-hydrogen) atoms. The van der Waals surface area contributed by atoms with Crippen LogP contribution in [0, 0.1) is 6.92 Å². The van der Waals surface area contributed by atoms with Gasteiger partial charge in [-0.1, -0.05) is 0 Å².